The number of aromatic hydroxyl groups is 1. The van der Waals surface area contributed by atoms with Crippen LogP contribution in [0.2, 0.25) is 15.1 Å². The van der Waals surface area contributed by atoms with E-state index in [0.29, 0.717) is 28.3 Å². The van der Waals surface area contributed by atoms with Crippen LogP contribution in [0.3, 0.4) is 0 Å². The number of para-hydroxylation sites is 1. The summed E-state index contributed by atoms with van der Waals surface area (Å²) < 4.78 is 96.9. The van der Waals surface area contributed by atoms with Gasteiger partial charge in [0.05, 0.1) is 38.8 Å². The number of carbonyl (C=O) groups excluding carboxylic acids is 4. The molecule has 0 radical (unpaired) electrons. The molecule has 0 unspecified atom stereocenters. The van der Waals surface area contributed by atoms with E-state index < -0.39 is 110 Å². The van der Waals surface area contributed by atoms with Crippen LogP contribution in [-0.4, -0.2) is 55.8 Å². The molecule has 4 aromatic rings. The minimum atomic E-state index is -4.91. The highest BCUT2D eigenvalue weighted by Crippen LogP contribution is 2.65. The second kappa shape index (κ2) is 14.3. The van der Waals surface area contributed by atoms with Crippen LogP contribution in [0.4, 0.5) is 42.4 Å². The molecule has 3 fully saturated rings. The summed E-state index contributed by atoms with van der Waals surface area (Å²) in [4.78, 5) is 66.1. The molecule has 0 spiro atoms. The van der Waals surface area contributed by atoms with E-state index in [1.165, 1.54) is 36.4 Å². The Balaban J connectivity index is 1.28. The molecule has 2 aliphatic heterocycles. The van der Waals surface area contributed by atoms with Crippen molar-refractivity contribution in [1.29, 1.82) is 0 Å². The molecule has 2 aromatic heterocycles. The number of benzene rings is 2. The number of hydrogen-bond acceptors (Lipinski definition) is 9. The van der Waals surface area contributed by atoms with Gasteiger partial charge in [0.25, 0.3) is 23.6 Å². The third-order valence-electron chi connectivity index (χ3n) is 11.6. The van der Waals surface area contributed by atoms with Crippen molar-refractivity contribution in [3.8, 4) is 5.75 Å². The first-order valence-electron chi connectivity index (χ1n) is 17.8. The molecule has 4 heterocycles. The molecule has 312 valence electrons. The molecule has 4 amide bonds. The minimum Gasteiger partial charge on any atom is -0.505 e. The normalized spacial score (nSPS) is 25.2. The number of phenolic OH excluding ortho intramolecular Hbond substituents is 1. The van der Waals surface area contributed by atoms with E-state index in [1.807, 2.05) is 0 Å². The van der Waals surface area contributed by atoms with Crippen molar-refractivity contribution in [2.45, 2.75) is 36.5 Å². The summed E-state index contributed by atoms with van der Waals surface area (Å²) in [5.41, 5.74) is -2.02. The first-order valence-corrected chi connectivity index (χ1v) is 19.0. The van der Waals surface area contributed by atoms with Gasteiger partial charge in [-0.3, -0.25) is 29.6 Å². The number of carbonyl (C=O) groups is 4. The van der Waals surface area contributed by atoms with Crippen molar-refractivity contribution in [2.75, 3.05) is 17.5 Å². The summed E-state index contributed by atoms with van der Waals surface area (Å²) in [5, 5.41) is 12.6. The molecule has 8 rings (SSSR count). The van der Waals surface area contributed by atoms with Crippen molar-refractivity contribution in [3.05, 3.63) is 122 Å². The summed E-state index contributed by atoms with van der Waals surface area (Å²) in [7, 11) is 1.12. The van der Waals surface area contributed by atoms with Crippen molar-refractivity contribution in [3.63, 3.8) is 0 Å². The number of pyridine rings is 2. The highest BCUT2D eigenvalue weighted by molar-refractivity contribution is 6.33. The predicted molar refractivity (Wildman–Crippen MR) is 199 cm³/mol. The molecule has 11 nitrogen and oxygen atoms in total. The van der Waals surface area contributed by atoms with Gasteiger partial charge < -0.3 is 5.11 Å². The van der Waals surface area contributed by atoms with Crippen molar-refractivity contribution in [1.82, 2.24) is 20.0 Å². The van der Waals surface area contributed by atoms with Crippen molar-refractivity contribution >= 4 is 70.1 Å². The Bertz CT molecular complexity index is 2540. The molecular weight excluding hydrogens is 872 g/mol. The number of hydrazine groups is 2. The maximum Gasteiger partial charge on any atom is 0.433 e. The number of aromatic nitrogens is 2. The predicted octanol–water partition coefficient (Wildman–Crippen LogP) is 8.36. The number of allylic oxidation sites excluding steroid dienone is 2. The van der Waals surface area contributed by atoms with E-state index >= 15 is 9.18 Å². The average Bonchev–Trinajstić information content (AvgIpc) is 3.56. The number of rotatable bonds is 6. The molecule has 6 atom stereocenters. The number of fused-ring (bicyclic) bond motifs is 4. The summed E-state index contributed by atoms with van der Waals surface area (Å²) in [6.45, 7) is 0. The van der Waals surface area contributed by atoms with Crippen molar-refractivity contribution in [2.24, 2.45) is 23.7 Å². The molecule has 21 heteroatoms. The lowest BCUT2D eigenvalue weighted by Gasteiger charge is -2.50. The number of nitrogens with one attached hydrogen (secondary N) is 1. The van der Waals surface area contributed by atoms with Crippen LogP contribution < -0.4 is 10.4 Å². The van der Waals surface area contributed by atoms with E-state index in [2.05, 4.69) is 15.4 Å². The number of nitrogens with zero attached hydrogens (tertiary/aromatic N) is 5. The van der Waals surface area contributed by atoms with E-state index in [0.717, 1.165) is 24.2 Å². The zero-order chi connectivity index (χ0) is 43.4. The molecule has 2 aliphatic carbocycles. The van der Waals surface area contributed by atoms with Crippen molar-refractivity contribution < 1.29 is 55.0 Å². The van der Waals surface area contributed by atoms with Gasteiger partial charge in [0.2, 0.25) is 0 Å². The number of anilines is 2. The van der Waals surface area contributed by atoms with Crippen LogP contribution in [0.15, 0.2) is 78.5 Å². The van der Waals surface area contributed by atoms with Gasteiger partial charge in [-0.1, -0.05) is 70.7 Å². The number of alkyl halides is 6. The molecule has 0 bridgehead atoms. The molecule has 2 saturated heterocycles. The van der Waals surface area contributed by atoms with Gasteiger partial charge in [0.15, 0.2) is 23.2 Å². The second-order valence-electron chi connectivity index (χ2n) is 14.6. The summed E-state index contributed by atoms with van der Waals surface area (Å²) >= 11 is 18.7. The fourth-order valence-electron chi connectivity index (χ4n) is 9.08. The average molecular weight is 898 g/mol. The van der Waals surface area contributed by atoms with Crippen LogP contribution >= 0.6 is 34.8 Å². The molecule has 60 heavy (non-hydrogen) atoms. The Hall–Kier alpha value is -5.46. The molecular formula is C39H26Cl3F7N6O5. The molecule has 2 N–H and O–H groups in total. The van der Waals surface area contributed by atoms with E-state index in [-0.39, 0.29) is 39.6 Å². The number of amides is 4. The topological polar surface area (TPSA) is 136 Å². The Morgan fingerprint density at radius 2 is 1.58 bits per heavy atom. The van der Waals surface area contributed by atoms with Gasteiger partial charge in [-0.2, -0.15) is 36.4 Å². The molecule has 1 saturated carbocycles. The lowest BCUT2D eigenvalue weighted by Crippen LogP contribution is -2.53. The Morgan fingerprint density at radius 1 is 0.883 bits per heavy atom. The summed E-state index contributed by atoms with van der Waals surface area (Å²) in [5.74, 6) is -13.4. The lowest BCUT2D eigenvalue weighted by atomic mass is 9.49. The van der Waals surface area contributed by atoms with Crippen LogP contribution in [0, 0.1) is 29.5 Å². The van der Waals surface area contributed by atoms with Crippen LogP contribution in [0.25, 0.3) is 0 Å². The third kappa shape index (κ3) is 6.24. The first-order chi connectivity index (χ1) is 28.2. The number of phenols is 1. The molecule has 4 aliphatic rings. The highest BCUT2D eigenvalue weighted by atomic mass is 35.5. The summed E-state index contributed by atoms with van der Waals surface area (Å²) in [6, 6.07) is 11.3. The standard InChI is InChI=1S/C39H26Cl3F7N6O5/c1-53(32-24(41)11-12-27(51-32)39(47,48)49)55-33(57)20-10-9-19-22(28(20)35(55)59)14-23-34(58)54(52-31-25(42)13-17(15-50-31)38(44,45)46)36(60)37(23,16-5-7-18(40)8-6-16)29(19)21-3-2-4-26(43)30(21)56/h2-9,11-13,15,20,22-23,28-29,56H,10,14H2,1H3,(H,50,52)/t20-,22+,23-,28-,29+,37+/m0/s1. The smallest absolute Gasteiger partial charge is 0.433 e. The largest absolute Gasteiger partial charge is 0.505 e. The Kier molecular flexibility index (Phi) is 9.86. The van der Waals surface area contributed by atoms with Gasteiger partial charge in [-0.15, -0.1) is 0 Å². The van der Waals surface area contributed by atoms with Gasteiger partial charge >= 0.3 is 12.4 Å². The minimum absolute atomic E-state index is 0.140. The van der Waals surface area contributed by atoms with Gasteiger partial charge in [0, 0.05) is 29.7 Å². The van der Waals surface area contributed by atoms with E-state index in [1.54, 1.807) is 6.08 Å². The Labute approximate surface area is 349 Å². The first kappa shape index (κ1) is 41.3. The molecule has 2 aromatic carbocycles. The monoisotopic (exact) mass is 896 g/mol. The van der Waals surface area contributed by atoms with Crippen LogP contribution in [-0.2, 0) is 36.9 Å². The number of halogens is 10. The van der Waals surface area contributed by atoms with E-state index in [9.17, 15) is 45.8 Å². The fourth-order valence-corrected chi connectivity index (χ4v) is 9.64. The van der Waals surface area contributed by atoms with E-state index in [4.69, 9.17) is 34.8 Å². The van der Waals surface area contributed by atoms with Gasteiger partial charge in [-0.25, -0.2) is 14.4 Å². The third-order valence-corrected chi connectivity index (χ3v) is 12.4. The quantitative estimate of drug-likeness (QED) is 0.111. The fraction of sp³-hybridized carbons (Fsp3) is 0.282. The highest BCUT2D eigenvalue weighted by Gasteiger charge is 2.71. The van der Waals surface area contributed by atoms with Gasteiger partial charge in [0.1, 0.15) is 5.69 Å². The zero-order valence-electron chi connectivity index (χ0n) is 30.3. The van der Waals surface area contributed by atoms with Gasteiger partial charge in [-0.05, 0) is 60.7 Å². The number of imide groups is 2. The SMILES string of the molecule is CN(c1nc(C(F)(F)F)ccc1Cl)N1C(=O)[C@H]2[C@H](CC=C3[C@H]2C[C@H]2C(=O)N(Nc4ncc(C(F)(F)F)cc4Cl)C(=O)[C@@]2(c2ccc(Cl)cc2)[C@H]3c2cccc(F)c2O)C1=O. The van der Waals surface area contributed by atoms with Crippen LogP contribution in [0.1, 0.15) is 41.1 Å². The lowest BCUT2D eigenvalue weighted by molar-refractivity contribution is -0.142. The maximum absolute atomic E-state index is 15.4. The zero-order valence-corrected chi connectivity index (χ0v) is 32.6. The maximum atomic E-state index is 15.4. The van der Waals surface area contributed by atoms with Crippen LogP contribution in [0.5, 0.6) is 5.75 Å². The number of hydrogen-bond donors (Lipinski definition) is 2. The Morgan fingerprint density at radius 3 is 2.23 bits per heavy atom. The second-order valence-corrected chi connectivity index (χ2v) is 15.9. The summed E-state index contributed by atoms with van der Waals surface area (Å²) in [6.07, 6.45) is -8.30.